The Balaban J connectivity index is 2.95. The van der Waals surface area contributed by atoms with E-state index in [0.29, 0.717) is 6.07 Å². The van der Waals surface area contributed by atoms with Crippen LogP contribution in [0.5, 0.6) is 5.75 Å². The summed E-state index contributed by atoms with van der Waals surface area (Å²) in [6, 6.07) is 2.03. The number of rotatable bonds is 3. The largest absolute Gasteiger partial charge is 0.492 e. The molecule has 2 nitrogen and oxygen atoms in total. The van der Waals surface area contributed by atoms with Crippen molar-refractivity contribution >= 4 is 0 Å². The van der Waals surface area contributed by atoms with E-state index in [2.05, 4.69) is 0 Å². The second-order valence-corrected chi connectivity index (χ2v) is 2.81. The molecular weight excluding hydrogens is 214 g/mol. The number of halogens is 4. The Labute approximate surface area is 83.6 Å². The molecule has 0 saturated heterocycles. The normalized spacial score (nSPS) is 11.5. The van der Waals surface area contributed by atoms with Gasteiger partial charge in [-0.25, -0.2) is 4.39 Å². The molecule has 2 N–H and O–H groups in total. The SMILES string of the molecule is NCCOc1cc(F)cc(C(F)(F)F)c1. The van der Waals surface area contributed by atoms with E-state index in [-0.39, 0.29) is 18.9 Å². The van der Waals surface area contributed by atoms with Gasteiger partial charge < -0.3 is 10.5 Å². The molecule has 0 radical (unpaired) electrons. The average molecular weight is 223 g/mol. The molecule has 0 aromatic heterocycles. The van der Waals surface area contributed by atoms with Crippen molar-refractivity contribution < 1.29 is 22.3 Å². The first-order valence-electron chi connectivity index (χ1n) is 4.14. The number of benzene rings is 1. The van der Waals surface area contributed by atoms with Crippen LogP contribution in [0, 0.1) is 5.82 Å². The van der Waals surface area contributed by atoms with Gasteiger partial charge in [-0.05, 0) is 12.1 Å². The highest BCUT2D eigenvalue weighted by atomic mass is 19.4. The van der Waals surface area contributed by atoms with Crippen molar-refractivity contribution in [2.45, 2.75) is 6.18 Å². The summed E-state index contributed by atoms with van der Waals surface area (Å²) in [6.45, 7) is 0.193. The predicted octanol–water partition coefficient (Wildman–Crippen LogP) is 2.18. The molecule has 0 aliphatic carbocycles. The Morgan fingerprint density at radius 1 is 1.20 bits per heavy atom. The van der Waals surface area contributed by atoms with Crippen molar-refractivity contribution in [3.63, 3.8) is 0 Å². The fourth-order valence-electron chi connectivity index (χ4n) is 0.986. The molecule has 0 amide bonds. The van der Waals surface area contributed by atoms with E-state index in [1.807, 2.05) is 0 Å². The van der Waals surface area contributed by atoms with E-state index < -0.39 is 17.6 Å². The third-order valence-electron chi connectivity index (χ3n) is 1.59. The summed E-state index contributed by atoms with van der Waals surface area (Å²) in [4.78, 5) is 0. The number of alkyl halides is 3. The van der Waals surface area contributed by atoms with Crippen LogP contribution in [-0.2, 0) is 6.18 Å². The number of hydrogen-bond acceptors (Lipinski definition) is 2. The van der Waals surface area contributed by atoms with E-state index in [1.165, 1.54) is 0 Å². The van der Waals surface area contributed by atoms with Crippen LogP contribution in [0.3, 0.4) is 0 Å². The summed E-state index contributed by atoms with van der Waals surface area (Å²) in [5.41, 5.74) is 4.02. The maximum Gasteiger partial charge on any atom is 0.416 e. The molecule has 0 fully saturated rings. The van der Waals surface area contributed by atoms with Crippen LogP contribution < -0.4 is 10.5 Å². The molecule has 15 heavy (non-hydrogen) atoms. The molecule has 0 saturated carbocycles. The van der Waals surface area contributed by atoms with Crippen molar-refractivity contribution in [3.05, 3.63) is 29.6 Å². The van der Waals surface area contributed by atoms with Gasteiger partial charge in [-0.2, -0.15) is 13.2 Å². The molecule has 0 aliphatic heterocycles. The minimum absolute atomic E-state index is 0.0424. The lowest BCUT2D eigenvalue weighted by atomic mass is 10.2. The minimum atomic E-state index is -4.58. The second-order valence-electron chi connectivity index (χ2n) is 2.81. The number of nitrogens with two attached hydrogens (primary N) is 1. The van der Waals surface area contributed by atoms with Gasteiger partial charge in [-0.15, -0.1) is 0 Å². The minimum Gasteiger partial charge on any atom is -0.492 e. The quantitative estimate of drug-likeness (QED) is 0.797. The summed E-state index contributed by atoms with van der Waals surface area (Å²) in [7, 11) is 0. The summed E-state index contributed by atoms with van der Waals surface area (Å²) in [5.74, 6) is -1.16. The molecule has 1 aromatic carbocycles. The lowest BCUT2D eigenvalue weighted by Crippen LogP contribution is -2.12. The molecule has 0 spiro atoms. The van der Waals surface area contributed by atoms with Gasteiger partial charge in [0, 0.05) is 12.6 Å². The van der Waals surface area contributed by atoms with Crippen LogP contribution in [0.15, 0.2) is 18.2 Å². The molecule has 0 atom stereocenters. The van der Waals surface area contributed by atoms with Crippen LogP contribution in [0.25, 0.3) is 0 Å². The van der Waals surface area contributed by atoms with Gasteiger partial charge in [0.1, 0.15) is 18.2 Å². The second kappa shape index (κ2) is 4.48. The maximum absolute atomic E-state index is 12.8. The molecule has 0 bridgehead atoms. The third kappa shape index (κ3) is 3.39. The summed E-state index contributed by atoms with van der Waals surface area (Å²) in [5, 5.41) is 0. The van der Waals surface area contributed by atoms with Crippen LogP contribution in [0.2, 0.25) is 0 Å². The van der Waals surface area contributed by atoms with Gasteiger partial charge in [-0.1, -0.05) is 0 Å². The van der Waals surface area contributed by atoms with E-state index >= 15 is 0 Å². The Hall–Kier alpha value is -1.30. The van der Waals surface area contributed by atoms with Crippen LogP contribution in [0.1, 0.15) is 5.56 Å². The van der Waals surface area contributed by atoms with Crippen molar-refractivity contribution in [3.8, 4) is 5.75 Å². The molecule has 84 valence electrons. The highest BCUT2D eigenvalue weighted by molar-refractivity contribution is 5.31. The Bertz CT molecular complexity index is 337. The first-order chi connectivity index (χ1) is 6.93. The van der Waals surface area contributed by atoms with Crippen molar-refractivity contribution in [1.82, 2.24) is 0 Å². The molecule has 1 aromatic rings. The zero-order valence-corrected chi connectivity index (χ0v) is 7.64. The zero-order chi connectivity index (χ0) is 11.5. The van der Waals surface area contributed by atoms with E-state index in [1.54, 1.807) is 0 Å². The molecule has 1 rings (SSSR count). The average Bonchev–Trinajstić information content (AvgIpc) is 2.12. The smallest absolute Gasteiger partial charge is 0.416 e. The van der Waals surface area contributed by atoms with Crippen molar-refractivity contribution in [1.29, 1.82) is 0 Å². The van der Waals surface area contributed by atoms with E-state index in [0.717, 1.165) is 12.1 Å². The summed E-state index contributed by atoms with van der Waals surface area (Å²) < 4.78 is 54.3. The molecule has 6 heteroatoms. The Morgan fingerprint density at radius 3 is 2.40 bits per heavy atom. The van der Waals surface area contributed by atoms with Crippen LogP contribution in [0.4, 0.5) is 17.6 Å². The fraction of sp³-hybridized carbons (Fsp3) is 0.333. The molecule has 0 unspecified atom stereocenters. The lowest BCUT2D eigenvalue weighted by molar-refractivity contribution is -0.137. The van der Waals surface area contributed by atoms with Crippen LogP contribution >= 0.6 is 0 Å². The fourth-order valence-corrected chi connectivity index (χ4v) is 0.986. The summed E-state index contributed by atoms with van der Waals surface area (Å²) in [6.07, 6.45) is -4.58. The van der Waals surface area contributed by atoms with E-state index in [4.69, 9.17) is 10.5 Å². The van der Waals surface area contributed by atoms with Crippen LogP contribution in [-0.4, -0.2) is 13.2 Å². The number of hydrogen-bond donors (Lipinski definition) is 1. The topological polar surface area (TPSA) is 35.2 Å². The van der Waals surface area contributed by atoms with E-state index in [9.17, 15) is 17.6 Å². The first-order valence-corrected chi connectivity index (χ1v) is 4.14. The molecule has 0 aliphatic rings. The highest BCUT2D eigenvalue weighted by Gasteiger charge is 2.31. The van der Waals surface area contributed by atoms with Crippen molar-refractivity contribution in [2.75, 3.05) is 13.2 Å². The summed E-state index contributed by atoms with van der Waals surface area (Å²) >= 11 is 0. The molecule has 0 heterocycles. The highest BCUT2D eigenvalue weighted by Crippen LogP contribution is 2.32. The van der Waals surface area contributed by atoms with Gasteiger partial charge in [0.15, 0.2) is 0 Å². The maximum atomic E-state index is 12.8. The monoisotopic (exact) mass is 223 g/mol. The number of ether oxygens (including phenoxy) is 1. The molecular formula is C9H9F4NO. The Kier molecular flexibility index (Phi) is 3.52. The van der Waals surface area contributed by atoms with Gasteiger partial charge >= 0.3 is 6.18 Å². The zero-order valence-electron chi connectivity index (χ0n) is 7.64. The predicted molar refractivity (Wildman–Crippen MR) is 46.0 cm³/mol. The van der Waals surface area contributed by atoms with Gasteiger partial charge in [0.25, 0.3) is 0 Å². The third-order valence-corrected chi connectivity index (χ3v) is 1.59. The van der Waals surface area contributed by atoms with Gasteiger partial charge in [0.2, 0.25) is 0 Å². The standard InChI is InChI=1S/C9H9F4NO/c10-7-3-6(9(11,12)13)4-8(5-7)15-2-1-14/h3-5H,1-2,14H2. The van der Waals surface area contributed by atoms with Gasteiger partial charge in [-0.3, -0.25) is 0 Å². The van der Waals surface area contributed by atoms with Gasteiger partial charge in [0.05, 0.1) is 5.56 Å². The lowest BCUT2D eigenvalue weighted by Gasteiger charge is -2.10. The Morgan fingerprint density at radius 2 is 1.87 bits per heavy atom. The van der Waals surface area contributed by atoms with Crippen molar-refractivity contribution in [2.24, 2.45) is 5.73 Å². The first kappa shape index (κ1) is 11.8.